The minimum atomic E-state index is -0.485. The zero-order valence-corrected chi connectivity index (χ0v) is 11.8. The molecule has 2 aliphatic heterocycles. The summed E-state index contributed by atoms with van der Waals surface area (Å²) in [4.78, 5) is 25.9. The van der Waals surface area contributed by atoms with Gasteiger partial charge in [0.1, 0.15) is 6.10 Å². The summed E-state index contributed by atoms with van der Waals surface area (Å²) in [6.45, 7) is 2.51. The van der Waals surface area contributed by atoms with Crippen molar-refractivity contribution >= 4 is 23.2 Å². The van der Waals surface area contributed by atoms with Gasteiger partial charge in [0.15, 0.2) is 0 Å². The number of amides is 2. The lowest BCUT2D eigenvalue weighted by atomic mass is 10.2. The molecule has 6 heteroatoms. The van der Waals surface area contributed by atoms with Crippen molar-refractivity contribution in [1.82, 2.24) is 5.32 Å². The minimum Gasteiger partial charge on any atom is -0.366 e. The molecule has 6 nitrogen and oxygen atoms in total. The summed E-state index contributed by atoms with van der Waals surface area (Å²) in [6, 6.07) is 7.39. The number of hydrogen-bond donors (Lipinski definition) is 2. The molecule has 2 aliphatic rings. The lowest BCUT2D eigenvalue weighted by molar-refractivity contribution is -0.128. The molecule has 0 aliphatic carbocycles. The average molecular weight is 289 g/mol. The smallest absolute Gasteiger partial charge is 0.254 e. The summed E-state index contributed by atoms with van der Waals surface area (Å²) in [5.74, 6) is -0.0754. The van der Waals surface area contributed by atoms with Crippen molar-refractivity contribution in [1.29, 1.82) is 0 Å². The maximum Gasteiger partial charge on any atom is 0.254 e. The maximum atomic E-state index is 12.2. The SMILES string of the molecule is O=C(Nc1ccccc1N1CCCC1=O)C1CNCCO1. The fourth-order valence-electron chi connectivity index (χ4n) is 2.66. The molecular weight excluding hydrogens is 270 g/mol. The highest BCUT2D eigenvalue weighted by molar-refractivity contribution is 6.03. The van der Waals surface area contributed by atoms with Gasteiger partial charge in [-0.25, -0.2) is 0 Å². The van der Waals surface area contributed by atoms with E-state index in [1.165, 1.54) is 0 Å². The van der Waals surface area contributed by atoms with E-state index in [1.54, 1.807) is 4.90 Å². The molecule has 0 radical (unpaired) electrons. The van der Waals surface area contributed by atoms with E-state index >= 15 is 0 Å². The first-order valence-corrected chi connectivity index (χ1v) is 7.28. The second-order valence-corrected chi connectivity index (χ2v) is 5.22. The Morgan fingerprint density at radius 2 is 2.24 bits per heavy atom. The van der Waals surface area contributed by atoms with Crippen molar-refractivity contribution in [2.24, 2.45) is 0 Å². The van der Waals surface area contributed by atoms with Crippen LogP contribution in [0.2, 0.25) is 0 Å². The number of nitrogens with one attached hydrogen (secondary N) is 2. The Hall–Kier alpha value is -1.92. The molecule has 1 atom stereocenters. The fourth-order valence-corrected chi connectivity index (χ4v) is 2.66. The van der Waals surface area contributed by atoms with Crippen molar-refractivity contribution in [3.63, 3.8) is 0 Å². The van der Waals surface area contributed by atoms with Gasteiger partial charge in [-0.1, -0.05) is 12.1 Å². The van der Waals surface area contributed by atoms with Crippen LogP contribution >= 0.6 is 0 Å². The topological polar surface area (TPSA) is 70.7 Å². The highest BCUT2D eigenvalue weighted by Gasteiger charge is 2.26. The third-order valence-corrected chi connectivity index (χ3v) is 3.75. The largest absolute Gasteiger partial charge is 0.366 e. The molecular formula is C15H19N3O3. The van der Waals surface area contributed by atoms with Crippen LogP contribution in [-0.2, 0) is 14.3 Å². The van der Waals surface area contributed by atoms with Crippen molar-refractivity contribution < 1.29 is 14.3 Å². The van der Waals surface area contributed by atoms with Gasteiger partial charge >= 0.3 is 0 Å². The summed E-state index contributed by atoms with van der Waals surface area (Å²) < 4.78 is 5.44. The van der Waals surface area contributed by atoms with Crippen molar-refractivity contribution in [3.05, 3.63) is 24.3 Å². The van der Waals surface area contributed by atoms with E-state index in [9.17, 15) is 9.59 Å². The molecule has 2 amide bonds. The number of carbonyl (C=O) groups excluding carboxylic acids is 2. The molecule has 0 bridgehead atoms. The Balaban J connectivity index is 1.75. The van der Waals surface area contributed by atoms with Crippen LogP contribution in [0.1, 0.15) is 12.8 Å². The first-order valence-electron chi connectivity index (χ1n) is 7.28. The highest BCUT2D eigenvalue weighted by atomic mass is 16.5. The first-order chi connectivity index (χ1) is 10.3. The zero-order chi connectivity index (χ0) is 14.7. The molecule has 3 rings (SSSR count). The van der Waals surface area contributed by atoms with Crippen molar-refractivity contribution in [2.45, 2.75) is 18.9 Å². The van der Waals surface area contributed by atoms with E-state index in [-0.39, 0.29) is 11.8 Å². The minimum absolute atomic E-state index is 0.104. The molecule has 1 aromatic rings. The number of nitrogens with zero attached hydrogens (tertiary/aromatic N) is 1. The van der Waals surface area contributed by atoms with Crippen LogP contribution < -0.4 is 15.5 Å². The summed E-state index contributed by atoms with van der Waals surface area (Å²) in [7, 11) is 0. The number of benzene rings is 1. The number of rotatable bonds is 3. The van der Waals surface area contributed by atoms with E-state index < -0.39 is 6.10 Å². The Morgan fingerprint density at radius 1 is 1.38 bits per heavy atom. The number of ether oxygens (including phenoxy) is 1. The van der Waals surface area contributed by atoms with Crippen LogP contribution in [-0.4, -0.2) is 44.2 Å². The average Bonchev–Trinajstić information content (AvgIpc) is 2.95. The van der Waals surface area contributed by atoms with Crippen LogP contribution in [0.3, 0.4) is 0 Å². The number of para-hydroxylation sites is 2. The first kappa shape index (κ1) is 14.0. The molecule has 0 saturated carbocycles. The van der Waals surface area contributed by atoms with Gasteiger partial charge < -0.3 is 20.3 Å². The van der Waals surface area contributed by atoms with Crippen LogP contribution in [0.5, 0.6) is 0 Å². The van der Waals surface area contributed by atoms with Crippen LogP contribution in [0.4, 0.5) is 11.4 Å². The van der Waals surface area contributed by atoms with E-state index in [0.29, 0.717) is 31.8 Å². The fraction of sp³-hybridized carbons (Fsp3) is 0.467. The molecule has 21 heavy (non-hydrogen) atoms. The molecule has 1 aromatic carbocycles. The van der Waals surface area contributed by atoms with Gasteiger partial charge in [-0.2, -0.15) is 0 Å². The monoisotopic (exact) mass is 289 g/mol. The van der Waals surface area contributed by atoms with Gasteiger partial charge in [0.05, 0.1) is 18.0 Å². The number of anilines is 2. The molecule has 2 saturated heterocycles. The predicted octanol–water partition coefficient (Wildman–Crippen LogP) is 0.740. The van der Waals surface area contributed by atoms with Gasteiger partial charge in [-0.05, 0) is 18.6 Å². The Morgan fingerprint density at radius 3 is 2.95 bits per heavy atom. The lowest BCUT2D eigenvalue weighted by Crippen LogP contribution is -2.45. The molecule has 2 fully saturated rings. The second kappa shape index (κ2) is 6.24. The molecule has 112 valence electrons. The zero-order valence-electron chi connectivity index (χ0n) is 11.8. The van der Waals surface area contributed by atoms with E-state index in [2.05, 4.69) is 10.6 Å². The van der Waals surface area contributed by atoms with Gasteiger partial charge in [0.25, 0.3) is 5.91 Å². The van der Waals surface area contributed by atoms with E-state index in [0.717, 1.165) is 18.7 Å². The van der Waals surface area contributed by atoms with E-state index in [1.807, 2.05) is 24.3 Å². The third-order valence-electron chi connectivity index (χ3n) is 3.75. The number of morpholine rings is 1. The molecule has 0 aromatic heterocycles. The van der Waals surface area contributed by atoms with Gasteiger partial charge in [0, 0.05) is 26.1 Å². The van der Waals surface area contributed by atoms with Gasteiger partial charge in [-0.3, -0.25) is 9.59 Å². The van der Waals surface area contributed by atoms with Crippen molar-refractivity contribution in [2.75, 3.05) is 36.5 Å². The van der Waals surface area contributed by atoms with Gasteiger partial charge in [0.2, 0.25) is 5.91 Å². The van der Waals surface area contributed by atoms with Crippen LogP contribution in [0.15, 0.2) is 24.3 Å². The van der Waals surface area contributed by atoms with Crippen molar-refractivity contribution in [3.8, 4) is 0 Å². The summed E-state index contributed by atoms with van der Waals surface area (Å²) in [6.07, 6.45) is 0.940. The normalized spacial score (nSPS) is 22.4. The summed E-state index contributed by atoms with van der Waals surface area (Å²) in [5.41, 5.74) is 1.42. The lowest BCUT2D eigenvalue weighted by Gasteiger charge is -2.24. The number of carbonyl (C=O) groups is 2. The maximum absolute atomic E-state index is 12.2. The Kier molecular flexibility index (Phi) is 4.17. The summed E-state index contributed by atoms with van der Waals surface area (Å²) in [5, 5.41) is 6.01. The molecule has 1 unspecified atom stereocenters. The second-order valence-electron chi connectivity index (χ2n) is 5.22. The Bertz CT molecular complexity index is 541. The summed E-state index contributed by atoms with van der Waals surface area (Å²) >= 11 is 0. The molecule has 0 spiro atoms. The molecule has 2 N–H and O–H groups in total. The quantitative estimate of drug-likeness (QED) is 0.861. The van der Waals surface area contributed by atoms with E-state index in [4.69, 9.17) is 4.74 Å². The van der Waals surface area contributed by atoms with Crippen LogP contribution in [0.25, 0.3) is 0 Å². The van der Waals surface area contributed by atoms with Gasteiger partial charge in [-0.15, -0.1) is 0 Å². The highest BCUT2D eigenvalue weighted by Crippen LogP contribution is 2.29. The van der Waals surface area contributed by atoms with Crippen LogP contribution in [0, 0.1) is 0 Å². The molecule has 2 heterocycles. The number of hydrogen-bond acceptors (Lipinski definition) is 4. The predicted molar refractivity (Wildman–Crippen MR) is 79.3 cm³/mol. The standard InChI is InChI=1S/C15H19N3O3/c19-14-6-3-8-18(14)12-5-2-1-4-11(12)17-15(20)13-10-16-7-9-21-13/h1-2,4-5,13,16H,3,6-10H2,(H,17,20). The Labute approximate surface area is 123 Å². The third kappa shape index (κ3) is 3.06.